The minimum Gasteiger partial charge on any atom is -0.131 e. The van der Waals surface area contributed by atoms with Gasteiger partial charge in [-0.25, -0.2) is 0 Å². The Morgan fingerprint density at radius 1 is 0.611 bits per heavy atom. The first-order chi connectivity index (χ1) is 8.68. The third-order valence-corrected chi connectivity index (χ3v) is 5.25. The molecule has 0 saturated carbocycles. The van der Waals surface area contributed by atoms with Crippen LogP contribution in [-0.4, -0.2) is 5.16 Å². The summed E-state index contributed by atoms with van der Waals surface area (Å²) in [5, 5.41) is 0.554. The van der Waals surface area contributed by atoms with Crippen LogP contribution < -0.4 is 0 Å². The van der Waals surface area contributed by atoms with Crippen molar-refractivity contribution in [3.63, 3.8) is 0 Å². The van der Waals surface area contributed by atoms with Crippen molar-refractivity contribution in [3.05, 3.63) is 0 Å². The van der Waals surface area contributed by atoms with Gasteiger partial charge in [-0.05, 0) is 24.4 Å². The van der Waals surface area contributed by atoms with Crippen molar-refractivity contribution < 1.29 is 0 Å². The summed E-state index contributed by atoms with van der Waals surface area (Å²) in [5.41, 5.74) is 0. The van der Waals surface area contributed by atoms with Crippen molar-refractivity contribution in [2.75, 3.05) is 0 Å². The van der Waals surface area contributed by atoms with E-state index < -0.39 is 0 Å². The van der Waals surface area contributed by atoms with Crippen LogP contribution in [0.25, 0.3) is 0 Å². The molecule has 0 aliphatic carbocycles. The highest BCUT2D eigenvalue weighted by molar-refractivity contribution is 7.18. The SMILES string of the molecule is CCCCCCCC(P)(CC)CCCCCCC. The molecule has 110 valence electrons. The summed E-state index contributed by atoms with van der Waals surface area (Å²) in [5.74, 6) is 0. The molecular formula is C17H37P. The van der Waals surface area contributed by atoms with Gasteiger partial charge in [0.2, 0.25) is 0 Å². The average Bonchev–Trinajstić information content (AvgIpc) is 2.38. The first-order valence-corrected chi connectivity index (χ1v) is 9.05. The minimum absolute atomic E-state index is 0.554. The molecule has 0 radical (unpaired) electrons. The molecule has 0 aromatic heterocycles. The molecule has 0 fully saturated rings. The van der Waals surface area contributed by atoms with Crippen LogP contribution in [0, 0.1) is 0 Å². The largest absolute Gasteiger partial charge is 0.131 e. The van der Waals surface area contributed by atoms with E-state index >= 15 is 0 Å². The Bertz CT molecular complexity index is 151. The van der Waals surface area contributed by atoms with E-state index in [4.69, 9.17) is 0 Å². The normalized spacial score (nSPS) is 12.0. The molecular weight excluding hydrogens is 235 g/mol. The average molecular weight is 272 g/mol. The Balaban J connectivity index is 3.60. The van der Waals surface area contributed by atoms with Crippen LogP contribution in [0.15, 0.2) is 0 Å². The fourth-order valence-corrected chi connectivity index (χ4v) is 3.05. The Morgan fingerprint density at radius 2 is 1.00 bits per heavy atom. The summed E-state index contributed by atoms with van der Waals surface area (Å²) in [6.07, 6.45) is 18.4. The van der Waals surface area contributed by atoms with Crippen LogP contribution in [0.1, 0.15) is 104 Å². The molecule has 1 heteroatoms. The Hall–Kier alpha value is 0.430. The zero-order valence-electron chi connectivity index (χ0n) is 13.3. The second kappa shape index (κ2) is 12.5. The van der Waals surface area contributed by atoms with Gasteiger partial charge in [0.15, 0.2) is 0 Å². The molecule has 1 unspecified atom stereocenters. The molecule has 0 aromatic carbocycles. The third kappa shape index (κ3) is 10.4. The Morgan fingerprint density at radius 3 is 1.33 bits per heavy atom. The lowest BCUT2D eigenvalue weighted by Crippen LogP contribution is -2.19. The molecule has 0 N–H and O–H groups in total. The molecule has 0 aliphatic heterocycles. The van der Waals surface area contributed by atoms with Crippen LogP contribution in [-0.2, 0) is 0 Å². The van der Waals surface area contributed by atoms with Gasteiger partial charge >= 0.3 is 0 Å². The zero-order chi connectivity index (χ0) is 13.7. The van der Waals surface area contributed by atoms with Gasteiger partial charge in [-0.2, -0.15) is 0 Å². The van der Waals surface area contributed by atoms with Gasteiger partial charge < -0.3 is 0 Å². The number of rotatable bonds is 13. The summed E-state index contributed by atoms with van der Waals surface area (Å²) in [7, 11) is 3.19. The molecule has 1 atom stereocenters. The molecule has 0 heterocycles. The van der Waals surface area contributed by atoms with Crippen LogP contribution in [0.3, 0.4) is 0 Å². The zero-order valence-corrected chi connectivity index (χ0v) is 14.4. The smallest absolute Gasteiger partial charge is 0.0153 e. The van der Waals surface area contributed by atoms with E-state index in [1.54, 1.807) is 0 Å². The third-order valence-electron chi connectivity index (χ3n) is 4.26. The van der Waals surface area contributed by atoms with Gasteiger partial charge in [-0.3, -0.25) is 0 Å². The van der Waals surface area contributed by atoms with Gasteiger partial charge in [0.05, 0.1) is 0 Å². The van der Waals surface area contributed by atoms with Gasteiger partial charge in [0, 0.05) is 0 Å². The van der Waals surface area contributed by atoms with E-state index in [0.29, 0.717) is 5.16 Å². The molecule has 0 saturated heterocycles. The summed E-state index contributed by atoms with van der Waals surface area (Å²) in [6, 6.07) is 0. The second-order valence-corrected chi connectivity index (χ2v) is 7.27. The highest BCUT2D eigenvalue weighted by Gasteiger charge is 2.20. The van der Waals surface area contributed by atoms with Crippen molar-refractivity contribution in [2.24, 2.45) is 0 Å². The monoisotopic (exact) mass is 272 g/mol. The van der Waals surface area contributed by atoms with Crippen molar-refractivity contribution in [3.8, 4) is 0 Å². The van der Waals surface area contributed by atoms with Gasteiger partial charge in [0.1, 0.15) is 0 Å². The first-order valence-electron chi connectivity index (χ1n) is 8.47. The van der Waals surface area contributed by atoms with Gasteiger partial charge in [-0.15, -0.1) is 9.24 Å². The maximum Gasteiger partial charge on any atom is -0.0153 e. The lowest BCUT2D eigenvalue weighted by molar-refractivity contribution is 0.433. The molecule has 0 nitrogen and oxygen atoms in total. The Kier molecular flexibility index (Phi) is 12.8. The topological polar surface area (TPSA) is 0 Å². The highest BCUT2D eigenvalue weighted by Crippen LogP contribution is 2.35. The van der Waals surface area contributed by atoms with Crippen LogP contribution in [0.5, 0.6) is 0 Å². The lowest BCUT2D eigenvalue weighted by atomic mass is 9.91. The van der Waals surface area contributed by atoms with E-state index in [1.807, 2.05) is 0 Å². The van der Waals surface area contributed by atoms with Gasteiger partial charge in [-0.1, -0.05) is 85.0 Å². The number of unbranched alkanes of at least 4 members (excludes halogenated alkanes) is 8. The maximum absolute atomic E-state index is 3.19. The van der Waals surface area contributed by atoms with E-state index in [1.165, 1.54) is 83.5 Å². The van der Waals surface area contributed by atoms with E-state index in [2.05, 4.69) is 30.0 Å². The Labute approximate surface area is 119 Å². The fraction of sp³-hybridized carbons (Fsp3) is 1.00. The molecule has 0 aliphatic rings. The summed E-state index contributed by atoms with van der Waals surface area (Å²) < 4.78 is 0. The molecule has 0 rings (SSSR count). The molecule has 0 aromatic rings. The quantitative estimate of drug-likeness (QED) is 0.257. The van der Waals surface area contributed by atoms with E-state index in [-0.39, 0.29) is 0 Å². The molecule has 0 spiro atoms. The number of hydrogen-bond donors (Lipinski definition) is 0. The minimum atomic E-state index is 0.554. The fourth-order valence-electron chi connectivity index (χ4n) is 2.64. The van der Waals surface area contributed by atoms with Crippen LogP contribution in [0.2, 0.25) is 0 Å². The maximum atomic E-state index is 3.19. The molecule has 0 bridgehead atoms. The summed E-state index contributed by atoms with van der Waals surface area (Å²) in [6.45, 7) is 6.95. The molecule has 0 amide bonds. The van der Waals surface area contributed by atoms with Crippen molar-refractivity contribution >= 4 is 9.24 Å². The second-order valence-electron chi connectivity index (χ2n) is 6.04. The predicted octanol–water partition coefficient (Wildman–Crippen LogP) is 6.73. The predicted molar refractivity (Wildman–Crippen MR) is 89.5 cm³/mol. The van der Waals surface area contributed by atoms with Crippen molar-refractivity contribution in [1.29, 1.82) is 0 Å². The van der Waals surface area contributed by atoms with E-state index in [0.717, 1.165) is 0 Å². The summed E-state index contributed by atoms with van der Waals surface area (Å²) in [4.78, 5) is 0. The van der Waals surface area contributed by atoms with Crippen LogP contribution >= 0.6 is 9.24 Å². The summed E-state index contributed by atoms with van der Waals surface area (Å²) >= 11 is 0. The van der Waals surface area contributed by atoms with Crippen LogP contribution in [0.4, 0.5) is 0 Å². The van der Waals surface area contributed by atoms with Gasteiger partial charge in [0.25, 0.3) is 0 Å². The van der Waals surface area contributed by atoms with Crippen molar-refractivity contribution in [2.45, 2.75) is 109 Å². The number of hydrogen-bond acceptors (Lipinski definition) is 0. The lowest BCUT2D eigenvalue weighted by Gasteiger charge is -2.28. The van der Waals surface area contributed by atoms with E-state index in [9.17, 15) is 0 Å². The first kappa shape index (κ1) is 18.4. The molecule has 18 heavy (non-hydrogen) atoms. The highest BCUT2D eigenvalue weighted by atomic mass is 31.0. The van der Waals surface area contributed by atoms with Crippen molar-refractivity contribution in [1.82, 2.24) is 0 Å². The standard InChI is InChI=1S/C17H37P/c1-4-7-9-11-13-15-17(18,6-3)16-14-12-10-8-5-2/h4-16,18H2,1-3H3.